The molecule has 2 aromatic rings. The van der Waals surface area contributed by atoms with Gasteiger partial charge in [0.05, 0.1) is 6.61 Å². The predicted molar refractivity (Wildman–Crippen MR) is 108 cm³/mol. The number of alkyl carbamates (subject to hydrolysis) is 1. The highest BCUT2D eigenvalue weighted by Crippen LogP contribution is 2.43. The molecule has 1 aromatic heterocycles. The number of hydrogen-bond acceptors (Lipinski definition) is 6. The Bertz CT molecular complexity index is 850. The number of nitrogens with one attached hydrogen (secondary N) is 2. The molecule has 0 saturated heterocycles. The smallest absolute Gasteiger partial charge is 0.407 e. The molecule has 8 heteroatoms. The van der Waals surface area contributed by atoms with E-state index < -0.39 is 11.7 Å². The van der Waals surface area contributed by atoms with E-state index in [4.69, 9.17) is 9.47 Å². The van der Waals surface area contributed by atoms with Crippen molar-refractivity contribution in [1.29, 1.82) is 0 Å². The molecule has 29 heavy (non-hydrogen) atoms. The van der Waals surface area contributed by atoms with Gasteiger partial charge in [0.15, 0.2) is 0 Å². The molecule has 0 atom stereocenters. The van der Waals surface area contributed by atoms with Gasteiger partial charge in [-0.3, -0.25) is 0 Å². The molecule has 1 aliphatic rings. The molecule has 7 nitrogen and oxygen atoms in total. The second-order valence-electron chi connectivity index (χ2n) is 7.99. The van der Waals surface area contributed by atoms with Gasteiger partial charge in [-0.2, -0.15) is 4.98 Å². The summed E-state index contributed by atoms with van der Waals surface area (Å²) < 4.78 is 24.4. The van der Waals surface area contributed by atoms with E-state index in [0.29, 0.717) is 43.0 Å². The Hall–Kier alpha value is -2.90. The highest BCUT2D eigenvalue weighted by Gasteiger charge is 2.28. The molecule has 1 aliphatic carbocycles. The number of halogens is 1. The molecule has 1 saturated carbocycles. The van der Waals surface area contributed by atoms with E-state index in [2.05, 4.69) is 20.6 Å². The van der Waals surface area contributed by atoms with Crippen molar-refractivity contribution in [2.45, 2.75) is 51.6 Å². The monoisotopic (exact) mass is 402 g/mol. The van der Waals surface area contributed by atoms with Crippen LogP contribution in [0.5, 0.6) is 5.88 Å². The molecule has 2 N–H and O–H groups in total. The van der Waals surface area contributed by atoms with E-state index in [1.807, 2.05) is 20.8 Å². The van der Waals surface area contributed by atoms with Crippen LogP contribution in [0.25, 0.3) is 0 Å². The largest absolute Gasteiger partial charge is 0.477 e. The lowest BCUT2D eigenvalue weighted by molar-refractivity contribution is 0.0525. The second kappa shape index (κ2) is 9.07. The average Bonchev–Trinajstić information content (AvgIpc) is 3.45. The van der Waals surface area contributed by atoms with Gasteiger partial charge in [0, 0.05) is 24.0 Å². The van der Waals surface area contributed by atoms with E-state index in [1.165, 1.54) is 12.1 Å². The summed E-state index contributed by atoms with van der Waals surface area (Å²) in [4.78, 5) is 20.4. The number of benzene rings is 1. The number of hydrogen-bond donors (Lipinski definition) is 2. The molecule has 3 rings (SSSR count). The zero-order chi connectivity index (χ0) is 20.9. The number of ether oxygens (including phenoxy) is 2. The van der Waals surface area contributed by atoms with Gasteiger partial charge in [0.25, 0.3) is 0 Å². The fourth-order valence-corrected chi connectivity index (χ4v) is 2.67. The van der Waals surface area contributed by atoms with E-state index in [1.54, 1.807) is 18.3 Å². The first kappa shape index (κ1) is 20.8. The Morgan fingerprint density at radius 1 is 1.31 bits per heavy atom. The summed E-state index contributed by atoms with van der Waals surface area (Å²) in [5.74, 6) is 0.965. The Balaban J connectivity index is 1.54. The summed E-state index contributed by atoms with van der Waals surface area (Å²) >= 11 is 0. The quantitative estimate of drug-likeness (QED) is 0.631. The van der Waals surface area contributed by atoms with Gasteiger partial charge in [-0.25, -0.2) is 14.2 Å². The molecule has 1 aromatic carbocycles. The Morgan fingerprint density at radius 3 is 2.79 bits per heavy atom. The van der Waals surface area contributed by atoms with Crippen molar-refractivity contribution in [3.05, 3.63) is 41.8 Å². The first-order valence-electron chi connectivity index (χ1n) is 9.79. The van der Waals surface area contributed by atoms with Crippen molar-refractivity contribution in [1.82, 2.24) is 15.3 Å². The highest BCUT2D eigenvalue weighted by atomic mass is 19.1. The van der Waals surface area contributed by atoms with Crippen molar-refractivity contribution >= 4 is 17.7 Å². The first-order valence-corrected chi connectivity index (χ1v) is 9.79. The Kier molecular flexibility index (Phi) is 6.51. The fourth-order valence-electron chi connectivity index (χ4n) is 2.67. The summed E-state index contributed by atoms with van der Waals surface area (Å²) in [6.07, 6.45) is 4.12. The van der Waals surface area contributed by atoms with E-state index >= 15 is 0 Å². The fraction of sp³-hybridized carbons (Fsp3) is 0.476. The van der Waals surface area contributed by atoms with Gasteiger partial charge in [-0.1, -0.05) is 6.07 Å². The maximum absolute atomic E-state index is 13.4. The molecule has 0 radical (unpaired) electrons. The number of carbonyl (C=O) groups is 1. The van der Waals surface area contributed by atoms with Crippen LogP contribution in [-0.4, -0.2) is 34.8 Å². The second-order valence-corrected chi connectivity index (χ2v) is 7.99. The van der Waals surface area contributed by atoms with Crippen LogP contribution >= 0.6 is 0 Å². The molecule has 0 unspecified atom stereocenters. The summed E-state index contributed by atoms with van der Waals surface area (Å²) in [5, 5.41) is 5.70. The Morgan fingerprint density at radius 2 is 2.10 bits per heavy atom. The number of carbonyl (C=O) groups excluding carboxylic acids is 1. The van der Waals surface area contributed by atoms with Crippen molar-refractivity contribution in [3.8, 4) is 5.88 Å². The van der Waals surface area contributed by atoms with Gasteiger partial charge < -0.3 is 20.1 Å². The van der Waals surface area contributed by atoms with Gasteiger partial charge in [-0.05, 0) is 64.2 Å². The molecule has 156 valence electrons. The van der Waals surface area contributed by atoms with Gasteiger partial charge >= 0.3 is 6.09 Å². The normalized spacial score (nSPS) is 13.7. The van der Waals surface area contributed by atoms with Crippen LogP contribution in [0, 0.1) is 5.82 Å². The highest BCUT2D eigenvalue weighted by molar-refractivity contribution is 5.67. The molecular formula is C21H27FN4O3. The molecule has 0 aliphatic heterocycles. The number of aromatic nitrogens is 2. The minimum atomic E-state index is -0.522. The third-order valence-corrected chi connectivity index (χ3v) is 4.11. The maximum Gasteiger partial charge on any atom is 0.407 e. The number of rotatable bonds is 8. The average molecular weight is 402 g/mol. The van der Waals surface area contributed by atoms with Gasteiger partial charge in [0.2, 0.25) is 11.8 Å². The number of nitrogens with zero attached hydrogens (tertiary/aromatic N) is 2. The van der Waals surface area contributed by atoms with E-state index in [0.717, 1.165) is 18.4 Å². The zero-order valence-corrected chi connectivity index (χ0v) is 17.0. The van der Waals surface area contributed by atoms with Crippen LogP contribution in [0.4, 0.5) is 20.8 Å². The van der Waals surface area contributed by atoms with Gasteiger partial charge in [-0.15, -0.1) is 0 Å². The van der Waals surface area contributed by atoms with Crippen LogP contribution < -0.4 is 15.4 Å². The molecular weight excluding hydrogens is 375 g/mol. The van der Waals surface area contributed by atoms with Crippen LogP contribution in [0.1, 0.15) is 51.5 Å². The topological polar surface area (TPSA) is 85.4 Å². The lowest BCUT2D eigenvalue weighted by Crippen LogP contribution is -2.33. The van der Waals surface area contributed by atoms with Crippen molar-refractivity contribution in [2.24, 2.45) is 0 Å². The maximum atomic E-state index is 13.4. The molecule has 1 fully saturated rings. The minimum Gasteiger partial charge on any atom is -0.477 e. The zero-order valence-electron chi connectivity index (χ0n) is 17.0. The third-order valence-electron chi connectivity index (χ3n) is 4.11. The summed E-state index contributed by atoms with van der Waals surface area (Å²) in [7, 11) is 0. The van der Waals surface area contributed by atoms with Gasteiger partial charge in [0.1, 0.15) is 11.4 Å². The summed E-state index contributed by atoms with van der Waals surface area (Å²) in [5.41, 5.74) is 1.03. The lowest BCUT2D eigenvalue weighted by Gasteiger charge is -2.19. The minimum absolute atomic E-state index is 0.335. The van der Waals surface area contributed by atoms with Crippen LogP contribution in [0.3, 0.4) is 0 Å². The van der Waals surface area contributed by atoms with Crippen LogP contribution in [0.15, 0.2) is 30.5 Å². The predicted octanol–water partition coefficient (Wildman–Crippen LogP) is 4.53. The molecule has 0 bridgehead atoms. The Labute approximate surface area is 170 Å². The first-order chi connectivity index (χ1) is 13.8. The van der Waals surface area contributed by atoms with Crippen molar-refractivity contribution in [2.75, 3.05) is 18.5 Å². The molecule has 0 spiro atoms. The number of anilines is 2. The van der Waals surface area contributed by atoms with Crippen molar-refractivity contribution in [3.63, 3.8) is 0 Å². The lowest BCUT2D eigenvalue weighted by atomic mass is 10.2. The van der Waals surface area contributed by atoms with Crippen LogP contribution in [0.2, 0.25) is 0 Å². The number of amides is 1. The molecule has 1 heterocycles. The van der Waals surface area contributed by atoms with E-state index in [9.17, 15) is 9.18 Å². The third kappa shape index (κ3) is 6.89. The van der Waals surface area contributed by atoms with Crippen LogP contribution in [-0.2, 0) is 4.74 Å². The SMILES string of the molecule is CC(C)(C)OC(=O)NCCCOc1nc(Nc2cccc(F)c2)ncc1C1CC1. The molecule has 1 amide bonds. The standard InChI is InChI=1S/C21H27FN4O3/c1-21(2,3)29-20(27)23-10-5-11-28-18-17(14-8-9-14)13-24-19(26-18)25-16-7-4-6-15(22)12-16/h4,6-7,12-14H,5,8-11H2,1-3H3,(H,23,27)(H,24,25,26). The summed E-state index contributed by atoms with van der Waals surface area (Å²) in [6.45, 7) is 6.29. The summed E-state index contributed by atoms with van der Waals surface area (Å²) in [6, 6.07) is 6.11. The van der Waals surface area contributed by atoms with Crippen molar-refractivity contribution < 1.29 is 18.7 Å². The van der Waals surface area contributed by atoms with E-state index in [-0.39, 0.29) is 5.82 Å².